The van der Waals surface area contributed by atoms with Crippen molar-refractivity contribution in [3.63, 3.8) is 0 Å². The number of para-hydroxylation sites is 2. The van der Waals surface area contributed by atoms with Crippen LogP contribution in [0.15, 0.2) is 54.6 Å². The van der Waals surface area contributed by atoms with Crippen molar-refractivity contribution in [3.05, 3.63) is 60.2 Å². The van der Waals surface area contributed by atoms with Gasteiger partial charge in [0.25, 0.3) is 0 Å². The van der Waals surface area contributed by atoms with E-state index >= 15 is 0 Å². The van der Waals surface area contributed by atoms with Gasteiger partial charge in [-0.1, -0.05) is 74.3 Å². The number of nitrogens with zero attached hydrogens (tertiary/aromatic N) is 1. The van der Waals surface area contributed by atoms with E-state index in [4.69, 9.17) is 4.74 Å². The number of benzene rings is 2. The molecule has 2 aromatic rings. The zero-order valence-electron chi connectivity index (χ0n) is 18.0. The van der Waals surface area contributed by atoms with Crippen LogP contribution >= 0.6 is 31.9 Å². The minimum atomic E-state index is -0.940. The summed E-state index contributed by atoms with van der Waals surface area (Å²) in [7, 11) is 1.53. The molecule has 1 heterocycles. The van der Waals surface area contributed by atoms with Gasteiger partial charge in [0.2, 0.25) is 17.7 Å². The molecule has 1 aliphatic heterocycles. The molecular weight excluding hydrogens is 552 g/mol. The molecule has 3 amide bonds. The van der Waals surface area contributed by atoms with Crippen LogP contribution in [0.25, 0.3) is 0 Å². The van der Waals surface area contributed by atoms with Crippen LogP contribution in [0.4, 0.5) is 5.69 Å². The molecule has 6 nitrogen and oxygen atoms in total. The maximum atomic E-state index is 13.6. The summed E-state index contributed by atoms with van der Waals surface area (Å²) >= 11 is 7.44. The fourth-order valence-corrected chi connectivity index (χ4v) is 7.65. The van der Waals surface area contributed by atoms with Gasteiger partial charge < -0.3 is 10.1 Å². The predicted octanol–water partition coefficient (Wildman–Crippen LogP) is 4.02. The summed E-state index contributed by atoms with van der Waals surface area (Å²) < 4.78 is 5.36. The number of anilines is 1. The minimum Gasteiger partial charge on any atom is -0.495 e. The van der Waals surface area contributed by atoms with E-state index in [9.17, 15) is 14.4 Å². The average Bonchev–Trinajstić information content (AvgIpc) is 3.43. The molecule has 5 rings (SSSR count). The number of hydrogen-bond donors (Lipinski definition) is 1. The van der Waals surface area contributed by atoms with E-state index < -0.39 is 11.9 Å². The lowest BCUT2D eigenvalue weighted by Crippen LogP contribution is -2.49. The number of nitrogens with one attached hydrogen (secondary N) is 1. The smallest absolute Gasteiger partial charge is 0.248 e. The molecule has 2 aromatic carbocycles. The number of carbonyl (C=O) groups is 3. The summed E-state index contributed by atoms with van der Waals surface area (Å²) in [6.45, 7) is 0. The lowest BCUT2D eigenvalue weighted by atomic mass is 9.81. The third-order valence-electron chi connectivity index (χ3n) is 7.27. The van der Waals surface area contributed by atoms with Gasteiger partial charge >= 0.3 is 0 Å². The number of rotatable bonds is 6. The molecule has 2 bridgehead atoms. The Kier molecular flexibility index (Phi) is 6.07. The number of imide groups is 1. The zero-order valence-corrected chi connectivity index (χ0v) is 21.2. The Morgan fingerprint density at radius 3 is 2.18 bits per heavy atom. The van der Waals surface area contributed by atoms with Crippen LogP contribution in [0.3, 0.4) is 0 Å². The third-order valence-corrected chi connectivity index (χ3v) is 10.5. The van der Waals surface area contributed by atoms with Gasteiger partial charge in [-0.2, -0.15) is 0 Å². The number of ether oxygens (including phenoxy) is 1. The van der Waals surface area contributed by atoms with Crippen molar-refractivity contribution in [2.24, 2.45) is 23.7 Å². The monoisotopic (exact) mass is 574 g/mol. The van der Waals surface area contributed by atoms with Gasteiger partial charge in [0.15, 0.2) is 0 Å². The number of likely N-dealkylation sites (tertiary alicyclic amines) is 1. The normalized spacial score (nSPS) is 30.9. The van der Waals surface area contributed by atoms with E-state index in [2.05, 4.69) is 37.2 Å². The van der Waals surface area contributed by atoms with Crippen molar-refractivity contribution in [1.29, 1.82) is 0 Å². The molecule has 0 unspecified atom stereocenters. The first kappa shape index (κ1) is 22.6. The van der Waals surface area contributed by atoms with Crippen molar-refractivity contribution in [1.82, 2.24) is 4.90 Å². The largest absolute Gasteiger partial charge is 0.495 e. The summed E-state index contributed by atoms with van der Waals surface area (Å²) in [5, 5.41) is 2.89. The average molecular weight is 576 g/mol. The molecule has 0 spiro atoms. The number of carbonyl (C=O) groups excluding carboxylic acids is 3. The molecular formula is C25H24Br2N2O4. The zero-order chi connectivity index (χ0) is 23.3. The minimum absolute atomic E-state index is 0.0977. The van der Waals surface area contributed by atoms with Crippen molar-refractivity contribution in [2.75, 3.05) is 12.4 Å². The molecule has 1 saturated heterocycles. The molecule has 8 heteroatoms. The molecule has 2 saturated carbocycles. The number of methoxy groups -OCH3 is 1. The lowest BCUT2D eigenvalue weighted by molar-refractivity contribution is -0.147. The second kappa shape index (κ2) is 8.87. The Labute approximate surface area is 209 Å². The summed E-state index contributed by atoms with van der Waals surface area (Å²) in [5.41, 5.74) is 1.39. The Morgan fingerprint density at radius 1 is 1.00 bits per heavy atom. The fraction of sp³-hybridized carbons (Fsp3) is 0.400. The molecule has 0 radical (unpaired) electrons. The summed E-state index contributed by atoms with van der Waals surface area (Å²) in [5.74, 6) is -0.863. The second-order valence-electron chi connectivity index (χ2n) is 8.95. The van der Waals surface area contributed by atoms with Gasteiger partial charge in [0, 0.05) is 16.1 Å². The topological polar surface area (TPSA) is 75.7 Å². The molecule has 3 aliphatic rings. The maximum Gasteiger partial charge on any atom is 0.248 e. The third kappa shape index (κ3) is 3.71. The Morgan fingerprint density at radius 2 is 1.58 bits per heavy atom. The Balaban J connectivity index is 1.48. The van der Waals surface area contributed by atoms with Crippen LogP contribution in [0, 0.1) is 23.7 Å². The van der Waals surface area contributed by atoms with E-state index in [1.165, 1.54) is 12.0 Å². The fourth-order valence-electron chi connectivity index (χ4n) is 5.78. The van der Waals surface area contributed by atoms with Crippen LogP contribution < -0.4 is 10.1 Å². The highest BCUT2D eigenvalue weighted by atomic mass is 79.9. The lowest BCUT2D eigenvalue weighted by Gasteiger charge is -2.28. The van der Waals surface area contributed by atoms with E-state index in [1.807, 2.05) is 36.4 Å². The SMILES string of the molecule is COc1ccccc1NC(=O)[C@H](Cc1ccccc1)N1C(=O)[C@@H]2[C@H]3C[C@@H]([C@H](Br)[C@H]3Br)[C@@H]2C1=O. The van der Waals surface area contributed by atoms with Crippen LogP contribution in [0.2, 0.25) is 0 Å². The Hall–Kier alpha value is -2.19. The molecule has 33 heavy (non-hydrogen) atoms. The van der Waals surface area contributed by atoms with Crippen molar-refractivity contribution in [2.45, 2.75) is 28.5 Å². The first-order valence-corrected chi connectivity index (χ1v) is 12.9. The molecule has 2 aliphatic carbocycles. The summed E-state index contributed by atoms with van der Waals surface area (Å²) in [6, 6.07) is 15.6. The molecule has 3 fully saturated rings. The van der Waals surface area contributed by atoms with E-state index in [0.29, 0.717) is 11.4 Å². The number of halogens is 2. The van der Waals surface area contributed by atoms with E-state index in [-0.39, 0.29) is 51.6 Å². The van der Waals surface area contributed by atoms with E-state index in [0.717, 1.165) is 12.0 Å². The van der Waals surface area contributed by atoms with Crippen LogP contribution in [0.1, 0.15) is 12.0 Å². The molecule has 1 N–H and O–H groups in total. The van der Waals surface area contributed by atoms with Gasteiger partial charge in [-0.15, -0.1) is 0 Å². The van der Waals surface area contributed by atoms with Gasteiger partial charge in [0.1, 0.15) is 11.8 Å². The predicted molar refractivity (Wildman–Crippen MR) is 131 cm³/mol. The first-order chi connectivity index (χ1) is 15.9. The molecule has 172 valence electrons. The van der Waals surface area contributed by atoms with Crippen molar-refractivity contribution < 1.29 is 19.1 Å². The van der Waals surface area contributed by atoms with Crippen molar-refractivity contribution >= 4 is 55.3 Å². The number of alkyl halides is 2. The van der Waals surface area contributed by atoms with Gasteiger partial charge in [-0.3, -0.25) is 19.3 Å². The van der Waals surface area contributed by atoms with Gasteiger partial charge in [-0.05, 0) is 36.0 Å². The van der Waals surface area contributed by atoms with Crippen molar-refractivity contribution in [3.8, 4) is 5.75 Å². The highest BCUT2D eigenvalue weighted by molar-refractivity contribution is 9.12. The Bertz CT molecular complexity index is 1060. The van der Waals surface area contributed by atoms with Crippen LogP contribution in [-0.2, 0) is 20.8 Å². The summed E-state index contributed by atoms with van der Waals surface area (Å²) in [4.78, 5) is 42.3. The molecule has 0 aromatic heterocycles. The van der Waals surface area contributed by atoms with Crippen LogP contribution in [-0.4, -0.2) is 45.4 Å². The van der Waals surface area contributed by atoms with Gasteiger partial charge in [-0.25, -0.2) is 0 Å². The second-order valence-corrected chi connectivity index (χ2v) is 11.1. The maximum absolute atomic E-state index is 13.6. The number of fused-ring (bicyclic) bond motifs is 5. The van der Waals surface area contributed by atoms with Crippen LogP contribution in [0.5, 0.6) is 5.75 Å². The van der Waals surface area contributed by atoms with E-state index in [1.54, 1.807) is 18.2 Å². The summed E-state index contributed by atoms with van der Waals surface area (Å²) in [6.07, 6.45) is 1.10. The first-order valence-electron chi connectivity index (χ1n) is 11.0. The number of hydrogen-bond acceptors (Lipinski definition) is 4. The quantitative estimate of drug-likeness (QED) is 0.417. The van der Waals surface area contributed by atoms with Gasteiger partial charge in [0.05, 0.1) is 24.6 Å². The standard InChI is InChI=1S/C25H24Br2N2O4/c1-33-18-10-6-5-9-16(18)28-23(30)17(11-13-7-3-2-4-8-13)29-24(31)19-14-12-15(20(19)25(29)32)22(27)21(14)26/h2-10,14-15,17,19-22H,11-12H2,1H3,(H,28,30)/t14-,15-,17+,19-,20+,21+,22+/m1/s1. The molecule has 7 atom stereocenters. The highest BCUT2D eigenvalue weighted by Gasteiger charge is 2.67. The highest BCUT2D eigenvalue weighted by Crippen LogP contribution is 2.60. The number of amides is 3.